The molecule has 6 nitrogen and oxygen atoms in total. The fourth-order valence-electron chi connectivity index (χ4n) is 1.81. The molecule has 1 unspecified atom stereocenters. The highest BCUT2D eigenvalue weighted by Gasteiger charge is 2.11. The largest absolute Gasteiger partial charge is 0.349 e. The van der Waals surface area contributed by atoms with Crippen LogP contribution in [0.3, 0.4) is 0 Å². The van der Waals surface area contributed by atoms with E-state index in [1.807, 2.05) is 6.92 Å². The van der Waals surface area contributed by atoms with E-state index < -0.39 is 4.92 Å². The van der Waals surface area contributed by atoms with Crippen LogP contribution in [0.4, 0.5) is 5.69 Å². The third-order valence-corrected chi connectivity index (χ3v) is 2.82. The van der Waals surface area contributed by atoms with E-state index in [1.165, 1.54) is 18.2 Å². The Balaban J connectivity index is 2.72. The Morgan fingerprint density at radius 1 is 1.50 bits per heavy atom. The lowest BCUT2D eigenvalue weighted by atomic mass is 10.1. The Kier molecular flexibility index (Phi) is 6.39. The summed E-state index contributed by atoms with van der Waals surface area (Å²) in [7, 11) is 0. The quantitative estimate of drug-likeness (QED) is 0.451. The Morgan fingerprint density at radius 3 is 2.80 bits per heavy atom. The summed E-state index contributed by atoms with van der Waals surface area (Å²) in [5, 5.41) is 13.6. The first-order valence-electron chi connectivity index (χ1n) is 6.50. The number of rotatable bonds is 7. The summed E-state index contributed by atoms with van der Waals surface area (Å²) in [6, 6.07) is 6.19. The predicted octanol–water partition coefficient (Wildman–Crippen LogP) is 1.85. The van der Waals surface area contributed by atoms with Gasteiger partial charge < -0.3 is 11.1 Å². The van der Waals surface area contributed by atoms with Crippen LogP contribution in [-0.4, -0.2) is 23.4 Å². The first-order chi connectivity index (χ1) is 9.58. The SMILES string of the molecule is CCCC(CN)NC(=O)C=Cc1ccccc1[N+](=O)[O-]. The van der Waals surface area contributed by atoms with E-state index in [-0.39, 0.29) is 17.6 Å². The molecule has 0 saturated heterocycles. The average molecular weight is 277 g/mol. The maximum absolute atomic E-state index is 11.7. The minimum atomic E-state index is -0.475. The molecule has 108 valence electrons. The standard InChI is InChI=1S/C14H19N3O3/c1-2-5-12(10-15)16-14(18)9-8-11-6-3-4-7-13(11)17(19)20/h3-4,6-9,12H,2,5,10,15H2,1H3,(H,16,18). The van der Waals surface area contributed by atoms with Crippen molar-refractivity contribution in [3.05, 3.63) is 46.0 Å². The molecular weight excluding hydrogens is 258 g/mol. The van der Waals surface area contributed by atoms with Crippen LogP contribution >= 0.6 is 0 Å². The maximum Gasteiger partial charge on any atom is 0.276 e. The summed E-state index contributed by atoms with van der Waals surface area (Å²) < 4.78 is 0. The molecule has 20 heavy (non-hydrogen) atoms. The van der Waals surface area contributed by atoms with E-state index in [4.69, 9.17) is 5.73 Å². The van der Waals surface area contributed by atoms with Crippen molar-refractivity contribution in [2.45, 2.75) is 25.8 Å². The van der Waals surface area contributed by atoms with Gasteiger partial charge in [-0.2, -0.15) is 0 Å². The van der Waals surface area contributed by atoms with Crippen LogP contribution in [0.15, 0.2) is 30.3 Å². The van der Waals surface area contributed by atoms with Gasteiger partial charge in [-0.25, -0.2) is 0 Å². The van der Waals surface area contributed by atoms with Crippen molar-refractivity contribution < 1.29 is 9.72 Å². The molecule has 1 amide bonds. The number of hydrogen-bond acceptors (Lipinski definition) is 4. The molecule has 3 N–H and O–H groups in total. The van der Waals surface area contributed by atoms with E-state index in [0.29, 0.717) is 12.1 Å². The molecule has 6 heteroatoms. The smallest absolute Gasteiger partial charge is 0.276 e. The Bertz CT molecular complexity index is 500. The second-order valence-corrected chi connectivity index (χ2v) is 4.38. The van der Waals surface area contributed by atoms with Gasteiger partial charge in [0.25, 0.3) is 5.69 Å². The monoisotopic (exact) mass is 277 g/mol. The Hall–Kier alpha value is -2.21. The van der Waals surface area contributed by atoms with Crippen molar-refractivity contribution in [2.75, 3.05) is 6.54 Å². The Morgan fingerprint density at radius 2 is 2.20 bits per heavy atom. The molecule has 1 atom stereocenters. The van der Waals surface area contributed by atoms with Gasteiger partial charge in [0.2, 0.25) is 5.91 Å². The Labute approximate surface area is 117 Å². The summed E-state index contributed by atoms with van der Waals surface area (Å²) in [6.45, 7) is 2.39. The minimum absolute atomic E-state index is 0.0273. The molecule has 1 aromatic carbocycles. The number of carbonyl (C=O) groups is 1. The lowest BCUT2D eigenvalue weighted by molar-refractivity contribution is -0.385. The number of nitrogens with zero attached hydrogens (tertiary/aromatic N) is 1. The van der Waals surface area contributed by atoms with Gasteiger partial charge in [0.05, 0.1) is 10.5 Å². The summed E-state index contributed by atoms with van der Waals surface area (Å²) >= 11 is 0. The van der Waals surface area contributed by atoms with Gasteiger partial charge >= 0.3 is 0 Å². The van der Waals surface area contributed by atoms with Crippen LogP contribution in [0, 0.1) is 10.1 Å². The van der Waals surface area contributed by atoms with Gasteiger partial charge in [-0.05, 0) is 18.6 Å². The second kappa shape index (κ2) is 8.06. The zero-order chi connectivity index (χ0) is 15.0. The fraction of sp³-hybridized carbons (Fsp3) is 0.357. The van der Waals surface area contributed by atoms with Gasteiger partial charge in [0.15, 0.2) is 0 Å². The molecule has 0 saturated carbocycles. The summed E-state index contributed by atoms with van der Waals surface area (Å²) in [5.74, 6) is -0.299. The normalized spacial score (nSPS) is 12.3. The average Bonchev–Trinajstić information content (AvgIpc) is 2.44. The summed E-state index contributed by atoms with van der Waals surface area (Å²) in [4.78, 5) is 22.1. The van der Waals surface area contributed by atoms with E-state index in [0.717, 1.165) is 12.8 Å². The fourth-order valence-corrected chi connectivity index (χ4v) is 1.81. The lowest BCUT2D eigenvalue weighted by Gasteiger charge is -2.14. The van der Waals surface area contributed by atoms with Crippen LogP contribution in [-0.2, 0) is 4.79 Å². The van der Waals surface area contributed by atoms with Crippen LogP contribution < -0.4 is 11.1 Å². The number of nitro groups is 1. The summed E-state index contributed by atoms with van der Waals surface area (Å²) in [5.41, 5.74) is 5.92. The molecule has 0 aliphatic carbocycles. The molecular formula is C14H19N3O3. The van der Waals surface area contributed by atoms with Crippen molar-refractivity contribution in [3.8, 4) is 0 Å². The van der Waals surface area contributed by atoms with Crippen LogP contribution in [0.5, 0.6) is 0 Å². The first kappa shape index (κ1) is 15.8. The zero-order valence-electron chi connectivity index (χ0n) is 11.4. The van der Waals surface area contributed by atoms with Crippen molar-refractivity contribution in [1.82, 2.24) is 5.32 Å². The number of nitro benzene ring substituents is 1. The molecule has 0 aromatic heterocycles. The van der Waals surface area contributed by atoms with Gasteiger partial charge in [-0.15, -0.1) is 0 Å². The van der Waals surface area contributed by atoms with Crippen molar-refractivity contribution in [1.29, 1.82) is 0 Å². The number of amides is 1. The molecule has 0 fully saturated rings. The third kappa shape index (κ3) is 4.81. The van der Waals surface area contributed by atoms with Gasteiger partial charge in [0.1, 0.15) is 0 Å². The topological polar surface area (TPSA) is 98.3 Å². The highest BCUT2D eigenvalue weighted by atomic mass is 16.6. The molecule has 0 bridgehead atoms. The predicted molar refractivity (Wildman–Crippen MR) is 78.0 cm³/mol. The van der Waals surface area contributed by atoms with Gasteiger partial charge in [-0.1, -0.05) is 25.5 Å². The molecule has 0 aliphatic rings. The third-order valence-electron chi connectivity index (χ3n) is 2.82. The van der Waals surface area contributed by atoms with Crippen LogP contribution in [0.1, 0.15) is 25.3 Å². The number of nitrogens with one attached hydrogen (secondary N) is 1. The molecule has 1 rings (SSSR count). The van der Waals surface area contributed by atoms with Crippen molar-refractivity contribution in [2.24, 2.45) is 5.73 Å². The van der Waals surface area contributed by atoms with Gasteiger partial charge in [0, 0.05) is 24.7 Å². The molecule has 0 radical (unpaired) electrons. The van der Waals surface area contributed by atoms with Crippen LogP contribution in [0.2, 0.25) is 0 Å². The number of carbonyl (C=O) groups excluding carboxylic acids is 1. The van der Waals surface area contributed by atoms with Crippen molar-refractivity contribution >= 4 is 17.7 Å². The highest BCUT2D eigenvalue weighted by Crippen LogP contribution is 2.18. The minimum Gasteiger partial charge on any atom is -0.349 e. The molecule has 0 heterocycles. The van der Waals surface area contributed by atoms with Crippen molar-refractivity contribution in [3.63, 3.8) is 0 Å². The second-order valence-electron chi connectivity index (χ2n) is 4.38. The van der Waals surface area contributed by atoms with E-state index in [2.05, 4.69) is 5.32 Å². The highest BCUT2D eigenvalue weighted by molar-refractivity contribution is 5.92. The number of para-hydroxylation sites is 1. The summed E-state index contributed by atoms with van der Waals surface area (Å²) in [6.07, 6.45) is 4.46. The molecule has 0 aliphatic heterocycles. The molecule has 0 spiro atoms. The van der Waals surface area contributed by atoms with E-state index in [9.17, 15) is 14.9 Å². The lowest BCUT2D eigenvalue weighted by Crippen LogP contribution is -2.39. The molecule has 1 aromatic rings. The maximum atomic E-state index is 11.7. The van der Waals surface area contributed by atoms with E-state index >= 15 is 0 Å². The van der Waals surface area contributed by atoms with Gasteiger partial charge in [-0.3, -0.25) is 14.9 Å². The van der Waals surface area contributed by atoms with Crippen LogP contribution in [0.25, 0.3) is 6.08 Å². The number of benzene rings is 1. The first-order valence-corrected chi connectivity index (χ1v) is 6.50. The number of nitrogens with two attached hydrogens (primary N) is 1. The number of hydrogen-bond donors (Lipinski definition) is 2. The zero-order valence-corrected chi connectivity index (χ0v) is 11.4. The van der Waals surface area contributed by atoms with E-state index in [1.54, 1.807) is 18.2 Å².